The van der Waals surface area contributed by atoms with Crippen molar-refractivity contribution in [2.45, 2.75) is 32.8 Å². The minimum absolute atomic E-state index is 0.00309. The molecule has 0 bridgehead atoms. The zero-order chi connectivity index (χ0) is 12.3. The third kappa shape index (κ3) is 39.5. The van der Waals surface area contributed by atoms with Gasteiger partial charge in [0.2, 0.25) is 0 Å². The molecule has 14 heavy (non-hydrogen) atoms. The van der Waals surface area contributed by atoms with E-state index in [9.17, 15) is 25.2 Å². The van der Waals surface area contributed by atoms with Crippen LogP contribution in [0.1, 0.15) is 27.2 Å². The van der Waals surface area contributed by atoms with Crippen molar-refractivity contribution in [3.63, 3.8) is 0 Å². The molecule has 0 aromatic heterocycles. The predicted molar refractivity (Wildman–Crippen MR) is 49.2 cm³/mol. The molecular weight excluding hydrogens is 253 g/mol. The van der Waals surface area contributed by atoms with E-state index >= 15 is 0 Å². The maximum atomic E-state index is 9.87. The van der Waals surface area contributed by atoms with Gasteiger partial charge in [-0.05, 0) is 20.3 Å². The average molecular weight is 266 g/mol. The van der Waals surface area contributed by atoms with Gasteiger partial charge >= 0.3 is 33.0 Å². The van der Waals surface area contributed by atoms with Crippen LogP contribution in [0.5, 0.6) is 0 Å². The van der Waals surface area contributed by atoms with Crippen LogP contribution in [0.15, 0.2) is 0 Å². The maximum absolute atomic E-state index is 10.7. The van der Waals surface area contributed by atoms with Gasteiger partial charge in [0.1, 0.15) is 18.5 Å². The van der Waals surface area contributed by atoms with Gasteiger partial charge in [-0.25, -0.2) is 0 Å². The van der Waals surface area contributed by atoms with Crippen LogP contribution in [0.25, 0.3) is 0 Å². The van der Waals surface area contributed by atoms with Crippen molar-refractivity contribution in [1.29, 1.82) is 0 Å². The number of hydrogen-bond acceptors (Lipinski definition) is 1. The van der Waals surface area contributed by atoms with Gasteiger partial charge in [0.25, 0.3) is 0 Å². The van der Waals surface area contributed by atoms with Gasteiger partial charge in [-0.2, -0.15) is 4.18 Å². The zero-order valence-corrected chi connectivity index (χ0v) is 9.72. The van der Waals surface area contributed by atoms with E-state index in [0.29, 0.717) is 0 Å². The Balaban J connectivity index is 0. The molecule has 0 heterocycles. The third-order valence-corrected chi connectivity index (χ3v) is 1.68. The molecule has 0 aliphatic carbocycles. The van der Waals surface area contributed by atoms with E-state index in [2.05, 4.69) is 19.8 Å². The summed E-state index contributed by atoms with van der Waals surface area (Å²) in [4.78, 5) is 0. The predicted octanol–water partition coefficient (Wildman–Crippen LogP) is 4.50. The summed E-state index contributed by atoms with van der Waals surface area (Å²) in [7, 11) is -10.7. The van der Waals surface area contributed by atoms with Crippen molar-refractivity contribution in [1.82, 2.24) is 0 Å². The summed E-state index contributed by atoms with van der Waals surface area (Å²) >= 11 is 2.98. The molecule has 0 atom stereocenters. The summed E-state index contributed by atoms with van der Waals surface area (Å²) in [5.41, 5.74) is -0.00309. The van der Waals surface area contributed by atoms with Crippen LogP contribution in [0.2, 0.25) is 0 Å². The topological polar surface area (TPSA) is 9.23 Å². The van der Waals surface area contributed by atoms with Crippen LogP contribution in [0.3, 0.4) is 0 Å². The third-order valence-electron chi connectivity index (χ3n) is 1.13. The second-order valence-electron chi connectivity index (χ2n) is 3.17. The summed E-state index contributed by atoms with van der Waals surface area (Å²) in [5, 5.41) is 0. The van der Waals surface area contributed by atoms with Crippen LogP contribution < -0.4 is 0 Å². The molecule has 0 aromatic rings. The van der Waals surface area contributed by atoms with Gasteiger partial charge in [-0.15, -0.1) is 0 Å². The molecule has 9 heteroatoms. The van der Waals surface area contributed by atoms with Crippen molar-refractivity contribution in [2.75, 3.05) is 0 Å². The Morgan fingerprint density at radius 1 is 1.07 bits per heavy atom. The number of halogens is 6. The Bertz CT molecular complexity index is 166. The summed E-state index contributed by atoms with van der Waals surface area (Å²) in [6.45, 7) is 6.14. The van der Waals surface area contributed by atoms with Crippen molar-refractivity contribution < 1.29 is 29.4 Å². The molecule has 0 aliphatic rings. The second kappa shape index (κ2) is 3.72. The Morgan fingerprint density at radius 2 is 1.29 bits per heavy atom. The molecule has 0 spiro atoms. The second-order valence-corrected chi connectivity index (χ2v) is 5.29. The van der Waals surface area contributed by atoms with Crippen LogP contribution >= 0.6 is 7.81 Å². The van der Waals surface area contributed by atoms with Gasteiger partial charge in [-0.1, -0.05) is 6.92 Å². The summed E-state index contributed by atoms with van der Waals surface area (Å²) in [6, 6.07) is 0. The Labute approximate surface area is 83.7 Å². The Morgan fingerprint density at radius 3 is 1.29 bits per heavy atom. The molecule has 0 saturated heterocycles. The number of hydrogen-bond donors (Lipinski definition) is 0. The summed E-state index contributed by atoms with van der Waals surface area (Å²) < 4.78 is 64.1. The van der Waals surface area contributed by atoms with Crippen LogP contribution in [-0.2, 0) is 17.1 Å². The number of rotatable bonds is 2. The zero-order valence-electron chi connectivity index (χ0n) is 7.83. The first-order valence-electron chi connectivity index (χ1n) is 3.48. The Kier molecular flexibility index (Phi) is 4.44. The van der Waals surface area contributed by atoms with Crippen LogP contribution in [0.4, 0.5) is 25.2 Å². The normalized spacial score (nSPS) is 17.6. The first-order valence-corrected chi connectivity index (χ1v) is 5.92. The molecular formula is C5H13F6OPS. The van der Waals surface area contributed by atoms with Crippen LogP contribution in [0, 0.1) is 0 Å². The molecule has 0 radical (unpaired) electrons. The first kappa shape index (κ1) is 16.7. The fourth-order valence-electron chi connectivity index (χ4n) is 0.0722. The monoisotopic (exact) mass is 266 g/mol. The molecule has 0 saturated carbocycles. The van der Waals surface area contributed by atoms with E-state index in [1.807, 2.05) is 13.8 Å². The minimum atomic E-state index is -10.7. The average Bonchev–Trinajstić information content (AvgIpc) is 1.81. The van der Waals surface area contributed by atoms with Gasteiger partial charge < -0.3 is 0 Å². The van der Waals surface area contributed by atoms with Crippen molar-refractivity contribution >= 4 is 20.7 Å². The van der Waals surface area contributed by atoms with Crippen molar-refractivity contribution in [3.05, 3.63) is 0 Å². The first-order chi connectivity index (χ1) is 5.57. The van der Waals surface area contributed by atoms with E-state index in [-0.39, 0.29) is 5.60 Å². The molecule has 0 aromatic carbocycles. The van der Waals surface area contributed by atoms with E-state index < -0.39 is 7.81 Å². The van der Waals surface area contributed by atoms with Gasteiger partial charge in [0.05, 0.1) is 0 Å². The van der Waals surface area contributed by atoms with Crippen molar-refractivity contribution in [2.24, 2.45) is 0 Å². The molecule has 0 amide bonds. The summed E-state index contributed by atoms with van der Waals surface area (Å²) in [6.07, 6.45) is 1.02. The quantitative estimate of drug-likeness (QED) is 0.406. The molecule has 0 unspecified atom stereocenters. The molecule has 1 nitrogen and oxygen atoms in total. The standard InChI is InChI=1S/C5H12OS.F6P/c1-4-5(2,3)6-7;1-7(2,3,4,5)6/h7H,4H2,1-3H3;/q;-1/p+1. The van der Waals surface area contributed by atoms with E-state index in [4.69, 9.17) is 4.18 Å². The van der Waals surface area contributed by atoms with E-state index in [1.54, 1.807) is 0 Å². The Hall–Kier alpha value is 0.320. The molecule has 0 rings (SSSR count). The van der Waals surface area contributed by atoms with Crippen LogP contribution in [-0.4, -0.2) is 5.60 Å². The fourth-order valence-corrected chi connectivity index (χ4v) is 0.217. The van der Waals surface area contributed by atoms with E-state index in [1.165, 1.54) is 0 Å². The molecule has 0 aliphatic heterocycles. The molecule has 0 N–H and O–H groups in total. The molecule has 92 valence electrons. The summed E-state index contributed by atoms with van der Waals surface area (Å²) in [5.74, 6) is 0. The van der Waals surface area contributed by atoms with Gasteiger partial charge in [0, 0.05) is 0 Å². The SMILES string of the molecule is CCC(C)(C)O[SH2+].F[P-](F)(F)(F)(F)F. The van der Waals surface area contributed by atoms with Gasteiger partial charge in [-0.3, -0.25) is 0 Å². The fraction of sp³-hybridized carbons (Fsp3) is 1.00. The molecule has 0 fully saturated rings. The van der Waals surface area contributed by atoms with E-state index in [0.717, 1.165) is 6.42 Å². The van der Waals surface area contributed by atoms with Crippen molar-refractivity contribution in [3.8, 4) is 0 Å². The van der Waals surface area contributed by atoms with Gasteiger partial charge in [0.15, 0.2) is 0 Å².